The van der Waals surface area contributed by atoms with Crippen molar-refractivity contribution in [2.24, 2.45) is 5.92 Å². The molecule has 0 N–H and O–H groups in total. The summed E-state index contributed by atoms with van der Waals surface area (Å²) in [6.07, 6.45) is -11.8. The van der Waals surface area contributed by atoms with E-state index in [0.717, 1.165) is 6.92 Å². The number of hydrogen-bond acceptors (Lipinski definition) is 3. The van der Waals surface area contributed by atoms with E-state index >= 15 is 0 Å². The summed E-state index contributed by atoms with van der Waals surface area (Å²) < 4.78 is 83.1. The highest BCUT2D eigenvalue weighted by molar-refractivity contribution is 6.02. The van der Waals surface area contributed by atoms with Crippen molar-refractivity contribution in [2.75, 3.05) is 11.5 Å². The molecule has 27 heavy (non-hydrogen) atoms. The fourth-order valence-corrected chi connectivity index (χ4v) is 2.65. The molecule has 1 atom stereocenters. The van der Waals surface area contributed by atoms with E-state index in [9.17, 15) is 35.9 Å². The lowest BCUT2D eigenvalue weighted by molar-refractivity contribution is -0.273. The first kappa shape index (κ1) is 22.8. The van der Waals surface area contributed by atoms with Crippen LogP contribution in [0.2, 0.25) is 0 Å². The summed E-state index contributed by atoms with van der Waals surface area (Å²) in [5.74, 6) is -7.66. The summed E-state index contributed by atoms with van der Waals surface area (Å²) in [5, 5.41) is 0. The maximum Gasteiger partial charge on any atom is 0.409 e. The molecule has 0 radical (unpaired) electrons. The molecule has 0 fully saturated rings. The van der Waals surface area contributed by atoms with Crippen molar-refractivity contribution in [2.45, 2.75) is 46.1 Å². The van der Waals surface area contributed by atoms with E-state index in [0.29, 0.717) is 0 Å². The van der Waals surface area contributed by atoms with Crippen LogP contribution in [0.1, 0.15) is 25.0 Å². The molecule has 0 aromatic heterocycles. The Morgan fingerprint density at radius 3 is 1.85 bits per heavy atom. The highest BCUT2D eigenvalue weighted by Crippen LogP contribution is 2.42. The second kappa shape index (κ2) is 8.18. The summed E-state index contributed by atoms with van der Waals surface area (Å²) in [5.41, 5.74) is 0.284. The Balaban J connectivity index is 3.63. The second-order valence-electron chi connectivity index (χ2n) is 5.89. The molecule has 0 bridgehead atoms. The Labute approximate surface area is 152 Å². The molecule has 0 aliphatic rings. The third-order valence-electron chi connectivity index (χ3n) is 3.83. The van der Waals surface area contributed by atoms with E-state index in [2.05, 4.69) is 0 Å². The molecule has 1 aromatic carbocycles. The summed E-state index contributed by atoms with van der Waals surface area (Å²) in [6.45, 7) is 5.11. The number of hydrogen-bond donors (Lipinski definition) is 0. The predicted octanol–water partition coefficient (Wildman–Crippen LogP) is 4.33. The molecule has 0 heterocycles. The first-order valence-corrected chi connectivity index (χ1v) is 7.92. The molecule has 1 aromatic rings. The van der Waals surface area contributed by atoms with E-state index in [-0.39, 0.29) is 28.3 Å². The minimum Gasteiger partial charge on any atom is -0.464 e. The molecule has 1 rings (SSSR count). The van der Waals surface area contributed by atoms with Crippen LogP contribution in [0.5, 0.6) is 0 Å². The zero-order valence-electron chi connectivity index (χ0n) is 15.0. The SMILES string of the molecule is CCOC(=O)[C@H](C)N(C(=O)C(C(F)(F)F)C(F)(F)F)c1c(C)cccc1C. The second-order valence-corrected chi connectivity index (χ2v) is 5.89. The van der Waals surface area contributed by atoms with Crippen molar-refractivity contribution in [1.29, 1.82) is 0 Å². The van der Waals surface area contributed by atoms with Crippen LogP contribution < -0.4 is 4.90 Å². The molecule has 1 amide bonds. The summed E-state index contributed by atoms with van der Waals surface area (Å²) >= 11 is 0. The van der Waals surface area contributed by atoms with Gasteiger partial charge in [-0.1, -0.05) is 18.2 Å². The summed E-state index contributed by atoms with van der Waals surface area (Å²) in [6, 6.07) is 2.66. The smallest absolute Gasteiger partial charge is 0.409 e. The molecule has 0 saturated carbocycles. The van der Waals surface area contributed by atoms with E-state index < -0.39 is 36.2 Å². The molecular formula is C17H19F6NO3. The molecule has 0 saturated heterocycles. The summed E-state index contributed by atoms with van der Waals surface area (Å²) in [7, 11) is 0. The molecule has 10 heteroatoms. The number of amides is 1. The van der Waals surface area contributed by atoms with E-state index in [1.165, 1.54) is 39.0 Å². The largest absolute Gasteiger partial charge is 0.464 e. The van der Waals surface area contributed by atoms with Gasteiger partial charge in [0.1, 0.15) is 6.04 Å². The molecular weight excluding hydrogens is 380 g/mol. The minimum atomic E-state index is -5.88. The van der Waals surface area contributed by atoms with Gasteiger partial charge in [0, 0.05) is 0 Å². The molecule has 0 aliphatic carbocycles. The van der Waals surface area contributed by atoms with Gasteiger partial charge in [-0.2, -0.15) is 26.3 Å². The monoisotopic (exact) mass is 399 g/mol. The molecule has 4 nitrogen and oxygen atoms in total. The number of alkyl halides is 6. The van der Waals surface area contributed by atoms with Crippen LogP contribution in [0.25, 0.3) is 0 Å². The number of aryl methyl sites for hydroxylation is 2. The van der Waals surface area contributed by atoms with Crippen LogP contribution >= 0.6 is 0 Å². The average molecular weight is 399 g/mol. The number of ether oxygens (including phenoxy) is 1. The third kappa shape index (κ3) is 5.14. The normalized spacial score (nSPS) is 13.4. The van der Waals surface area contributed by atoms with Crippen molar-refractivity contribution >= 4 is 17.6 Å². The fraction of sp³-hybridized carbons (Fsp3) is 0.529. The van der Waals surface area contributed by atoms with Crippen LogP contribution in [0.3, 0.4) is 0 Å². The van der Waals surface area contributed by atoms with Crippen molar-refractivity contribution < 1.29 is 40.7 Å². The zero-order chi connectivity index (χ0) is 21.2. The highest BCUT2D eigenvalue weighted by Gasteiger charge is 2.63. The van der Waals surface area contributed by atoms with Gasteiger partial charge in [-0.3, -0.25) is 9.69 Å². The molecule has 0 aliphatic heterocycles. The van der Waals surface area contributed by atoms with E-state index in [1.807, 2.05) is 0 Å². The van der Waals surface area contributed by atoms with Gasteiger partial charge in [-0.05, 0) is 38.8 Å². The lowest BCUT2D eigenvalue weighted by atomic mass is 10.0. The number of nitrogens with zero attached hydrogens (tertiary/aromatic N) is 1. The first-order valence-electron chi connectivity index (χ1n) is 7.92. The van der Waals surface area contributed by atoms with Crippen LogP contribution in [0.4, 0.5) is 32.0 Å². The Kier molecular flexibility index (Phi) is 6.90. The Bertz CT molecular complexity index is 665. The molecule has 0 spiro atoms. The maximum absolute atomic E-state index is 13.1. The Morgan fingerprint density at radius 2 is 1.48 bits per heavy atom. The number of para-hydroxylation sites is 1. The van der Waals surface area contributed by atoms with Gasteiger partial charge in [0.25, 0.3) is 0 Å². The van der Waals surface area contributed by atoms with Gasteiger partial charge in [0.05, 0.1) is 12.3 Å². The topological polar surface area (TPSA) is 46.6 Å². The van der Waals surface area contributed by atoms with Gasteiger partial charge in [0.15, 0.2) is 0 Å². The van der Waals surface area contributed by atoms with Crippen LogP contribution in [0.15, 0.2) is 18.2 Å². The summed E-state index contributed by atoms with van der Waals surface area (Å²) in [4.78, 5) is 24.7. The minimum absolute atomic E-state index is 0.153. The quantitative estimate of drug-likeness (QED) is 0.547. The number of halogens is 6. The van der Waals surface area contributed by atoms with Gasteiger partial charge in [-0.15, -0.1) is 0 Å². The number of esters is 1. The number of rotatable bonds is 5. The van der Waals surface area contributed by atoms with Crippen molar-refractivity contribution in [3.63, 3.8) is 0 Å². The van der Waals surface area contributed by atoms with Gasteiger partial charge in [0.2, 0.25) is 11.8 Å². The molecule has 152 valence electrons. The van der Waals surface area contributed by atoms with Crippen LogP contribution in [0, 0.1) is 19.8 Å². The van der Waals surface area contributed by atoms with E-state index in [4.69, 9.17) is 4.74 Å². The van der Waals surface area contributed by atoms with Gasteiger partial charge >= 0.3 is 18.3 Å². The Hall–Kier alpha value is -2.26. The Morgan fingerprint density at radius 1 is 1.04 bits per heavy atom. The number of benzene rings is 1. The van der Waals surface area contributed by atoms with Gasteiger partial charge in [-0.25, -0.2) is 4.79 Å². The predicted molar refractivity (Wildman–Crippen MR) is 85.1 cm³/mol. The fourth-order valence-electron chi connectivity index (χ4n) is 2.65. The number of carbonyl (C=O) groups excluding carboxylic acids is 2. The first-order chi connectivity index (χ1) is 12.2. The zero-order valence-corrected chi connectivity index (χ0v) is 15.0. The highest BCUT2D eigenvalue weighted by atomic mass is 19.4. The average Bonchev–Trinajstić information content (AvgIpc) is 2.47. The molecule has 0 unspecified atom stereocenters. The van der Waals surface area contributed by atoms with E-state index in [1.54, 1.807) is 0 Å². The van der Waals surface area contributed by atoms with Crippen molar-refractivity contribution in [3.05, 3.63) is 29.3 Å². The number of carbonyl (C=O) groups is 2. The van der Waals surface area contributed by atoms with Crippen LogP contribution in [-0.2, 0) is 14.3 Å². The maximum atomic E-state index is 13.1. The van der Waals surface area contributed by atoms with Crippen molar-refractivity contribution in [1.82, 2.24) is 0 Å². The van der Waals surface area contributed by atoms with Crippen LogP contribution in [-0.4, -0.2) is 36.9 Å². The van der Waals surface area contributed by atoms with Gasteiger partial charge < -0.3 is 4.74 Å². The number of anilines is 1. The lowest BCUT2D eigenvalue weighted by Gasteiger charge is -2.34. The third-order valence-corrected chi connectivity index (χ3v) is 3.83. The standard InChI is InChI=1S/C17H19F6NO3/c1-5-27-15(26)11(4)24(12-9(2)7-6-8-10(12)3)14(25)13(16(18,19)20)17(21,22)23/h6-8,11,13H,5H2,1-4H3/t11-/m0/s1. The lowest BCUT2D eigenvalue weighted by Crippen LogP contribution is -2.54. The van der Waals surface area contributed by atoms with Crippen molar-refractivity contribution in [3.8, 4) is 0 Å².